The average Bonchev–Trinajstić information content (AvgIpc) is 2.76. The number of hydrogen-bond acceptors (Lipinski definition) is 2. The summed E-state index contributed by atoms with van der Waals surface area (Å²) in [7, 11) is 0. The van der Waals surface area contributed by atoms with Crippen LogP contribution in [0.5, 0.6) is 0 Å². The first-order valence-electron chi connectivity index (χ1n) is 14.0. The van der Waals surface area contributed by atoms with E-state index in [9.17, 15) is 9.59 Å². The topological polar surface area (TPSA) is 34.1 Å². The Morgan fingerprint density at radius 1 is 0.500 bits per heavy atom. The van der Waals surface area contributed by atoms with Crippen LogP contribution in [0.1, 0.15) is 161 Å². The molecular formula is C28H54O2S2. The van der Waals surface area contributed by atoms with Gasteiger partial charge in [0, 0.05) is 12.3 Å². The van der Waals surface area contributed by atoms with E-state index in [2.05, 4.69) is 32.2 Å². The van der Waals surface area contributed by atoms with Crippen molar-refractivity contribution in [2.24, 2.45) is 5.92 Å². The highest BCUT2D eigenvalue weighted by Crippen LogP contribution is 2.19. The molecule has 0 saturated heterocycles. The molecule has 1 atom stereocenters. The van der Waals surface area contributed by atoms with E-state index in [4.69, 9.17) is 0 Å². The fourth-order valence-electron chi connectivity index (χ4n) is 4.52. The molecule has 1 unspecified atom stereocenters. The van der Waals surface area contributed by atoms with Gasteiger partial charge in [-0.15, -0.1) is 25.3 Å². The Kier molecular flexibility index (Phi) is 25.7. The third kappa shape index (κ3) is 24.7. The van der Waals surface area contributed by atoms with Gasteiger partial charge in [0.05, 0.1) is 0 Å². The van der Waals surface area contributed by atoms with Gasteiger partial charge in [-0.05, 0) is 6.42 Å². The Morgan fingerprint density at radius 2 is 0.781 bits per heavy atom. The Balaban J connectivity index is 3.19. The van der Waals surface area contributed by atoms with Gasteiger partial charge in [0.15, 0.2) is 10.2 Å². The molecule has 0 amide bonds. The standard InChI is InChI=1S/C28H54O2S2/c1-2-3-4-5-6-7-8-9-10-11-12-13-14-15-16-17-18-19-20-21-22-23-24-26(28(30)32)25-27(29)31/h26H,2-25H2,1H3,(H,29,31)(H,30,32). The Hall–Kier alpha value is 0.0400. The fraction of sp³-hybridized carbons (Fsp3) is 0.929. The number of thiol groups is 2. The minimum absolute atomic E-state index is 0.170. The molecule has 2 nitrogen and oxygen atoms in total. The molecule has 4 heteroatoms. The van der Waals surface area contributed by atoms with Crippen LogP contribution in [-0.4, -0.2) is 10.2 Å². The van der Waals surface area contributed by atoms with Crippen LogP contribution in [0, 0.1) is 5.92 Å². The third-order valence-corrected chi connectivity index (χ3v) is 7.22. The highest BCUT2D eigenvalue weighted by Gasteiger charge is 2.17. The summed E-state index contributed by atoms with van der Waals surface area (Å²) in [5.74, 6) is -0.242. The van der Waals surface area contributed by atoms with Gasteiger partial charge in [0.1, 0.15) is 0 Å². The zero-order valence-corrected chi connectivity index (χ0v) is 23.0. The van der Waals surface area contributed by atoms with Crippen LogP contribution in [0.2, 0.25) is 0 Å². The smallest absolute Gasteiger partial charge is 0.189 e. The Morgan fingerprint density at radius 3 is 1.03 bits per heavy atom. The van der Waals surface area contributed by atoms with Gasteiger partial charge in [-0.1, -0.05) is 148 Å². The zero-order chi connectivity index (χ0) is 23.7. The molecule has 0 aromatic rings. The molecular weight excluding hydrogens is 432 g/mol. The van der Waals surface area contributed by atoms with Crippen molar-refractivity contribution in [2.45, 2.75) is 161 Å². The second-order valence-corrected chi connectivity index (χ2v) is 10.8. The minimum atomic E-state index is -0.242. The van der Waals surface area contributed by atoms with Crippen LogP contribution in [0.15, 0.2) is 0 Å². The van der Waals surface area contributed by atoms with Crippen molar-refractivity contribution in [1.29, 1.82) is 0 Å². The molecule has 0 aromatic carbocycles. The molecule has 0 N–H and O–H groups in total. The molecule has 0 rings (SSSR count). The Labute approximate surface area is 211 Å². The van der Waals surface area contributed by atoms with Crippen molar-refractivity contribution in [2.75, 3.05) is 0 Å². The molecule has 0 heterocycles. The van der Waals surface area contributed by atoms with Crippen LogP contribution in [0.3, 0.4) is 0 Å². The van der Waals surface area contributed by atoms with Crippen LogP contribution >= 0.6 is 25.3 Å². The van der Waals surface area contributed by atoms with E-state index < -0.39 is 0 Å². The molecule has 0 fully saturated rings. The van der Waals surface area contributed by atoms with Crippen molar-refractivity contribution >= 4 is 35.5 Å². The Bertz CT molecular complexity index is 426. The summed E-state index contributed by atoms with van der Waals surface area (Å²) in [6, 6.07) is 0. The highest BCUT2D eigenvalue weighted by molar-refractivity contribution is 7.97. The molecule has 0 saturated carbocycles. The summed E-state index contributed by atoms with van der Waals surface area (Å²) in [4.78, 5) is 22.5. The van der Waals surface area contributed by atoms with Crippen molar-refractivity contribution in [3.63, 3.8) is 0 Å². The average molecular weight is 487 g/mol. The number of rotatable bonds is 26. The number of unbranched alkanes of at least 4 members (excludes halogenated alkanes) is 21. The van der Waals surface area contributed by atoms with Crippen LogP contribution < -0.4 is 0 Å². The van der Waals surface area contributed by atoms with Crippen LogP contribution in [0.4, 0.5) is 0 Å². The van der Waals surface area contributed by atoms with Crippen molar-refractivity contribution in [3.8, 4) is 0 Å². The second kappa shape index (κ2) is 25.7. The monoisotopic (exact) mass is 486 g/mol. The first-order chi connectivity index (χ1) is 15.6. The summed E-state index contributed by atoms with van der Waals surface area (Å²) >= 11 is 7.67. The van der Waals surface area contributed by atoms with Crippen molar-refractivity contribution < 1.29 is 9.59 Å². The molecule has 32 heavy (non-hydrogen) atoms. The zero-order valence-electron chi connectivity index (χ0n) is 21.3. The van der Waals surface area contributed by atoms with Crippen LogP contribution in [-0.2, 0) is 9.59 Å². The van der Waals surface area contributed by atoms with Crippen LogP contribution in [0.25, 0.3) is 0 Å². The maximum absolute atomic E-state index is 11.4. The van der Waals surface area contributed by atoms with Gasteiger partial charge >= 0.3 is 0 Å². The van der Waals surface area contributed by atoms with E-state index in [0.717, 1.165) is 19.3 Å². The van der Waals surface area contributed by atoms with Gasteiger partial charge in [0.25, 0.3) is 0 Å². The van der Waals surface area contributed by atoms with Crippen molar-refractivity contribution in [3.05, 3.63) is 0 Å². The lowest BCUT2D eigenvalue weighted by Crippen LogP contribution is -2.11. The van der Waals surface area contributed by atoms with E-state index in [1.165, 1.54) is 128 Å². The summed E-state index contributed by atoms with van der Waals surface area (Å²) in [6.45, 7) is 2.29. The van der Waals surface area contributed by atoms with Gasteiger partial charge < -0.3 is 0 Å². The van der Waals surface area contributed by atoms with E-state index >= 15 is 0 Å². The van der Waals surface area contributed by atoms with E-state index in [-0.39, 0.29) is 22.6 Å². The molecule has 190 valence electrons. The van der Waals surface area contributed by atoms with E-state index in [1.54, 1.807) is 0 Å². The molecule has 0 radical (unpaired) electrons. The maximum atomic E-state index is 11.4. The summed E-state index contributed by atoms with van der Waals surface area (Å²) < 4.78 is 0. The summed E-state index contributed by atoms with van der Waals surface area (Å²) in [6.07, 6.45) is 31.3. The van der Waals surface area contributed by atoms with Gasteiger partial charge in [-0.3, -0.25) is 9.59 Å². The summed E-state index contributed by atoms with van der Waals surface area (Å²) in [5, 5.41) is -0.382. The van der Waals surface area contributed by atoms with E-state index in [0.29, 0.717) is 0 Å². The third-order valence-electron chi connectivity index (χ3n) is 6.68. The molecule has 0 bridgehead atoms. The molecule has 0 aromatic heterocycles. The predicted molar refractivity (Wildman–Crippen MR) is 148 cm³/mol. The molecule has 0 aliphatic heterocycles. The minimum Gasteiger partial charge on any atom is -0.287 e. The van der Waals surface area contributed by atoms with Gasteiger partial charge in [-0.25, -0.2) is 0 Å². The first-order valence-corrected chi connectivity index (χ1v) is 14.9. The lowest BCUT2D eigenvalue weighted by molar-refractivity contribution is -0.119. The molecule has 0 aliphatic rings. The van der Waals surface area contributed by atoms with E-state index in [1.807, 2.05) is 0 Å². The highest BCUT2D eigenvalue weighted by atomic mass is 32.1. The largest absolute Gasteiger partial charge is 0.287 e. The van der Waals surface area contributed by atoms with Gasteiger partial charge in [-0.2, -0.15) is 0 Å². The fourth-order valence-corrected chi connectivity index (χ4v) is 4.96. The van der Waals surface area contributed by atoms with Gasteiger partial charge in [0.2, 0.25) is 0 Å². The molecule has 0 aliphatic carbocycles. The SMILES string of the molecule is CCCCCCCCCCCCCCCCCCCCCCCCC(CC(=O)S)C(=O)S. The quantitative estimate of drug-likeness (QED) is 0.0942. The lowest BCUT2D eigenvalue weighted by Gasteiger charge is -2.10. The second-order valence-electron chi connectivity index (χ2n) is 9.85. The maximum Gasteiger partial charge on any atom is 0.189 e. The number of carbonyl (C=O) groups excluding carboxylic acids is 2. The first kappa shape index (κ1) is 32.0. The lowest BCUT2D eigenvalue weighted by atomic mass is 9.98. The summed E-state index contributed by atoms with van der Waals surface area (Å²) in [5.41, 5.74) is 0. The van der Waals surface area contributed by atoms with Crippen molar-refractivity contribution in [1.82, 2.24) is 0 Å². The number of hydrogen-bond donors (Lipinski definition) is 2. The normalized spacial score (nSPS) is 12.2. The predicted octanol–water partition coefficient (Wildman–Crippen LogP) is 9.90. The molecule has 0 spiro atoms. The number of carbonyl (C=O) groups is 2.